The quantitative estimate of drug-likeness (QED) is 0.579. The molecule has 3 aromatic heterocycles. The third-order valence-corrected chi connectivity index (χ3v) is 3.75. The zero-order valence-corrected chi connectivity index (χ0v) is 12.6. The van der Waals surface area contributed by atoms with Crippen LogP contribution in [0.25, 0.3) is 22.4 Å². The largest absolute Gasteiger partial charge is 0.508 e. The van der Waals surface area contributed by atoms with Gasteiger partial charge in [-0.3, -0.25) is 9.36 Å². The highest BCUT2D eigenvalue weighted by Gasteiger charge is 2.13. The summed E-state index contributed by atoms with van der Waals surface area (Å²) < 4.78 is 3.10. The van der Waals surface area contributed by atoms with Crippen molar-refractivity contribution in [2.24, 2.45) is 0 Å². The number of rotatable bonds is 1. The fourth-order valence-corrected chi connectivity index (χ4v) is 2.70. The highest BCUT2D eigenvalue weighted by Crippen LogP contribution is 2.17. The van der Waals surface area contributed by atoms with Gasteiger partial charge in [-0.25, -0.2) is 4.98 Å². The zero-order chi connectivity index (χ0) is 16.1. The molecule has 0 fully saturated rings. The van der Waals surface area contributed by atoms with E-state index in [1.54, 1.807) is 48.8 Å². The summed E-state index contributed by atoms with van der Waals surface area (Å²) in [5.41, 5.74) is 1.77. The number of nitrogens with zero attached hydrogens (tertiary/aromatic N) is 5. The van der Waals surface area contributed by atoms with Gasteiger partial charge in [-0.05, 0) is 44.2 Å². The maximum Gasteiger partial charge on any atom is 0.266 e. The van der Waals surface area contributed by atoms with Crippen LogP contribution in [0.1, 0.15) is 11.5 Å². The van der Waals surface area contributed by atoms with Crippen LogP contribution in [0.15, 0.2) is 41.3 Å². The lowest BCUT2D eigenvalue weighted by Crippen LogP contribution is -2.20. The monoisotopic (exact) mass is 307 g/mol. The Balaban J connectivity index is 2.09. The average molecular weight is 307 g/mol. The van der Waals surface area contributed by atoms with Crippen LogP contribution < -0.4 is 5.56 Å². The number of benzene rings is 1. The molecule has 0 saturated heterocycles. The second-order valence-corrected chi connectivity index (χ2v) is 5.34. The number of aryl methyl sites for hydroxylation is 2. The maximum atomic E-state index is 12.9. The highest BCUT2D eigenvalue weighted by atomic mass is 16.3. The number of phenolic OH excluding ortho intramolecular Hbond substituents is 1. The van der Waals surface area contributed by atoms with Gasteiger partial charge in [0.15, 0.2) is 0 Å². The van der Waals surface area contributed by atoms with Gasteiger partial charge < -0.3 is 5.11 Å². The number of hydrogen-bond donors (Lipinski definition) is 1. The van der Waals surface area contributed by atoms with Crippen molar-refractivity contribution in [2.45, 2.75) is 13.8 Å². The Kier molecular flexibility index (Phi) is 2.71. The van der Waals surface area contributed by atoms with Crippen LogP contribution in [-0.4, -0.2) is 29.3 Å². The molecule has 1 aromatic carbocycles. The summed E-state index contributed by atoms with van der Waals surface area (Å²) in [5, 5.41) is 14.2. The van der Waals surface area contributed by atoms with Crippen molar-refractivity contribution in [2.75, 3.05) is 0 Å². The molecule has 0 atom stereocenters. The number of hydrogen-bond acceptors (Lipinski definition) is 5. The molecular weight excluding hydrogens is 294 g/mol. The van der Waals surface area contributed by atoms with Crippen LogP contribution in [0.4, 0.5) is 0 Å². The SMILES string of the molecule is Cc1nc2nc(C)c3c(=O)n(-c4ccc(O)cc4)ccc3n2n1. The van der Waals surface area contributed by atoms with Crippen LogP contribution in [0.2, 0.25) is 0 Å². The van der Waals surface area contributed by atoms with E-state index in [9.17, 15) is 9.90 Å². The van der Waals surface area contributed by atoms with Crippen molar-refractivity contribution in [1.82, 2.24) is 24.1 Å². The van der Waals surface area contributed by atoms with Crippen molar-refractivity contribution in [3.8, 4) is 11.4 Å². The molecule has 114 valence electrons. The summed E-state index contributed by atoms with van der Waals surface area (Å²) in [6, 6.07) is 8.27. The first-order chi connectivity index (χ1) is 11.0. The summed E-state index contributed by atoms with van der Waals surface area (Å²) in [6.45, 7) is 3.57. The number of phenols is 1. The molecule has 0 radical (unpaired) electrons. The molecule has 0 amide bonds. The third-order valence-electron chi connectivity index (χ3n) is 3.75. The minimum absolute atomic E-state index is 0.153. The Labute approximate surface area is 130 Å². The molecule has 0 spiro atoms. The van der Waals surface area contributed by atoms with Gasteiger partial charge >= 0.3 is 0 Å². The average Bonchev–Trinajstić information content (AvgIpc) is 2.89. The fraction of sp³-hybridized carbons (Fsp3) is 0.125. The van der Waals surface area contributed by atoms with Crippen LogP contribution in [0.5, 0.6) is 5.75 Å². The number of pyridine rings is 1. The molecule has 7 heteroatoms. The molecule has 7 nitrogen and oxygen atoms in total. The summed E-state index contributed by atoms with van der Waals surface area (Å²) >= 11 is 0. The first-order valence-electron chi connectivity index (χ1n) is 7.09. The van der Waals surface area contributed by atoms with E-state index in [4.69, 9.17) is 0 Å². The van der Waals surface area contributed by atoms with Crippen LogP contribution in [0.3, 0.4) is 0 Å². The molecule has 0 saturated carbocycles. The fourth-order valence-electron chi connectivity index (χ4n) is 2.70. The summed E-state index contributed by atoms with van der Waals surface area (Å²) in [5.74, 6) is 1.24. The molecule has 0 aliphatic carbocycles. The lowest BCUT2D eigenvalue weighted by Gasteiger charge is -2.09. The minimum atomic E-state index is -0.187. The standard InChI is InChI=1S/C16H13N5O2/c1-9-14-13(21-16(17-9)18-10(2)19-21)7-8-20(15(14)23)11-3-5-12(22)6-4-11/h3-8,22H,1-2H3. The third kappa shape index (κ3) is 1.97. The Morgan fingerprint density at radius 2 is 1.78 bits per heavy atom. The highest BCUT2D eigenvalue weighted by molar-refractivity contribution is 5.82. The van der Waals surface area contributed by atoms with Gasteiger partial charge in [-0.1, -0.05) is 0 Å². The molecule has 0 aliphatic heterocycles. The van der Waals surface area contributed by atoms with Crippen molar-refractivity contribution in [1.29, 1.82) is 0 Å². The van der Waals surface area contributed by atoms with Crippen molar-refractivity contribution < 1.29 is 5.11 Å². The van der Waals surface area contributed by atoms with Gasteiger partial charge in [-0.2, -0.15) is 9.50 Å². The molecule has 4 rings (SSSR count). The second kappa shape index (κ2) is 4.64. The maximum absolute atomic E-state index is 12.9. The number of aromatic nitrogens is 5. The molecular formula is C16H13N5O2. The van der Waals surface area contributed by atoms with E-state index < -0.39 is 0 Å². The normalized spacial score (nSPS) is 11.4. The van der Waals surface area contributed by atoms with Gasteiger partial charge in [0.1, 0.15) is 11.6 Å². The first kappa shape index (κ1) is 13.4. The minimum Gasteiger partial charge on any atom is -0.508 e. The van der Waals surface area contributed by atoms with E-state index in [0.717, 1.165) is 0 Å². The van der Waals surface area contributed by atoms with Crippen molar-refractivity contribution in [3.63, 3.8) is 0 Å². The van der Waals surface area contributed by atoms with Crippen LogP contribution in [-0.2, 0) is 0 Å². The zero-order valence-electron chi connectivity index (χ0n) is 12.6. The Hall–Kier alpha value is -3.22. The molecule has 0 unspecified atom stereocenters. The Bertz CT molecular complexity index is 1110. The topological polar surface area (TPSA) is 85.3 Å². The van der Waals surface area contributed by atoms with Gasteiger partial charge in [0, 0.05) is 11.9 Å². The molecule has 0 bridgehead atoms. The number of fused-ring (bicyclic) bond motifs is 3. The lowest BCUT2D eigenvalue weighted by molar-refractivity contribution is 0.475. The lowest BCUT2D eigenvalue weighted by atomic mass is 10.2. The Morgan fingerprint density at radius 3 is 2.52 bits per heavy atom. The van der Waals surface area contributed by atoms with E-state index in [2.05, 4.69) is 15.1 Å². The molecule has 3 heterocycles. The summed E-state index contributed by atoms with van der Waals surface area (Å²) in [6.07, 6.45) is 1.69. The Morgan fingerprint density at radius 1 is 1.04 bits per heavy atom. The molecule has 0 aliphatic rings. The molecule has 1 N–H and O–H groups in total. The second-order valence-electron chi connectivity index (χ2n) is 5.34. The van der Waals surface area contributed by atoms with E-state index in [1.165, 1.54) is 4.57 Å². The van der Waals surface area contributed by atoms with Crippen LogP contribution in [0, 0.1) is 13.8 Å². The van der Waals surface area contributed by atoms with E-state index in [-0.39, 0.29) is 11.3 Å². The predicted molar refractivity (Wildman–Crippen MR) is 85.0 cm³/mol. The first-order valence-corrected chi connectivity index (χ1v) is 7.09. The van der Waals surface area contributed by atoms with Crippen molar-refractivity contribution in [3.05, 3.63) is 58.4 Å². The van der Waals surface area contributed by atoms with Gasteiger partial charge in [0.25, 0.3) is 11.3 Å². The van der Waals surface area contributed by atoms with Crippen molar-refractivity contribution >= 4 is 16.7 Å². The van der Waals surface area contributed by atoms with E-state index in [1.807, 2.05) is 6.07 Å². The van der Waals surface area contributed by atoms with E-state index in [0.29, 0.717) is 33.9 Å². The number of aromatic hydroxyl groups is 1. The predicted octanol–water partition coefficient (Wildman–Crippen LogP) is 1.75. The summed E-state index contributed by atoms with van der Waals surface area (Å²) in [4.78, 5) is 21.5. The summed E-state index contributed by atoms with van der Waals surface area (Å²) in [7, 11) is 0. The van der Waals surface area contributed by atoms with Gasteiger partial charge in [0.05, 0.1) is 16.6 Å². The van der Waals surface area contributed by atoms with E-state index >= 15 is 0 Å². The van der Waals surface area contributed by atoms with Gasteiger partial charge in [0.2, 0.25) is 0 Å². The smallest absolute Gasteiger partial charge is 0.266 e. The van der Waals surface area contributed by atoms with Crippen LogP contribution >= 0.6 is 0 Å². The molecule has 23 heavy (non-hydrogen) atoms. The molecule has 4 aromatic rings. The van der Waals surface area contributed by atoms with Gasteiger partial charge in [-0.15, -0.1) is 5.10 Å².